The molecule has 2 aliphatic carbocycles. The minimum Gasteiger partial charge on any atom is -0.461 e. The van der Waals surface area contributed by atoms with Crippen LogP contribution in [0.4, 0.5) is 0 Å². The van der Waals surface area contributed by atoms with Crippen LogP contribution in [0.15, 0.2) is 12.2 Å². The molecule has 0 heterocycles. The van der Waals surface area contributed by atoms with Crippen molar-refractivity contribution in [1.82, 2.24) is 0 Å². The molecule has 0 spiro atoms. The Labute approximate surface area is 117 Å². The van der Waals surface area contributed by atoms with Crippen LogP contribution in [0.3, 0.4) is 0 Å². The number of hydrogen-bond acceptors (Lipinski definition) is 2. The first kappa shape index (κ1) is 14.6. The van der Waals surface area contributed by atoms with Crippen molar-refractivity contribution in [2.45, 2.75) is 59.3 Å². The minimum atomic E-state index is -0.00361. The van der Waals surface area contributed by atoms with Crippen LogP contribution in [-0.4, -0.2) is 12.6 Å². The Balaban J connectivity index is 1.70. The van der Waals surface area contributed by atoms with E-state index >= 15 is 0 Å². The number of rotatable bonds is 5. The normalized spacial score (nSPS) is 28.3. The second-order valence-electron chi connectivity index (χ2n) is 7.21. The summed E-state index contributed by atoms with van der Waals surface area (Å²) in [6, 6.07) is 0. The van der Waals surface area contributed by atoms with Crippen molar-refractivity contribution in [2.24, 2.45) is 23.2 Å². The Morgan fingerprint density at radius 1 is 1.37 bits per heavy atom. The highest BCUT2D eigenvalue weighted by Gasteiger charge is 2.31. The number of carbonyl (C=O) groups excluding carboxylic acids is 1. The molecule has 0 aromatic carbocycles. The summed E-state index contributed by atoms with van der Waals surface area (Å²) in [5.74, 6) is 1.60. The zero-order valence-corrected chi connectivity index (χ0v) is 12.7. The van der Waals surface area contributed by atoms with E-state index in [0.717, 1.165) is 18.8 Å². The van der Waals surface area contributed by atoms with E-state index in [9.17, 15) is 4.79 Å². The topological polar surface area (TPSA) is 26.3 Å². The van der Waals surface area contributed by atoms with Crippen LogP contribution in [0.2, 0.25) is 0 Å². The SMILES string of the molecule is CC(/C=C/COC(=O)C1CC1)C1CCCC(C)(C)C1. The second kappa shape index (κ2) is 6.11. The van der Waals surface area contributed by atoms with Gasteiger partial charge in [0.25, 0.3) is 0 Å². The molecular weight excluding hydrogens is 236 g/mol. The lowest BCUT2D eigenvalue weighted by molar-refractivity contribution is -0.143. The van der Waals surface area contributed by atoms with E-state index in [1.165, 1.54) is 25.7 Å². The molecule has 2 nitrogen and oxygen atoms in total. The summed E-state index contributed by atoms with van der Waals surface area (Å²) in [7, 11) is 0. The van der Waals surface area contributed by atoms with Gasteiger partial charge in [0.1, 0.15) is 6.61 Å². The summed E-state index contributed by atoms with van der Waals surface area (Å²) in [6.45, 7) is 7.51. The molecule has 0 aromatic rings. The number of ether oxygens (including phenoxy) is 1. The van der Waals surface area contributed by atoms with Gasteiger partial charge in [-0.15, -0.1) is 0 Å². The molecule has 2 atom stereocenters. The van der Waals surface area contributed by atoms with Gasteiger partial charge in [0.2, 0.25) is 0 Å². The summed E-state index contributed by atoms with van der Waals surface area (Å²) < 4.78 is 5.22. The number of hydrogen-bond donors (Lipinski definition) is 0. The van der Waals surface area contributed by atoms with E-state index in [-0.39, 0.29) is 11.9 Å². The van der Waals surface area contributed by atoms with Crippen molar-refractivity contribution >= 4 is 5.97 Å². The van der Waals surface area contributed by atoms with Crippen molar-refractivity contribution in [1.29, 1.82) is 0 Å². The molecule has 0 bridgehead atoms. The van der Waals surface area contributed by atoms with E-state index in [4.69, 9.17) is 4.74 Å². The van der Waals surface area contributed by atoms with Gasteiger partial charge in [0.05, 0.1) is 5.92 Å². The van der Waals surface area contributed by atoms with E-state index in [0.29, 0.717) is 17.9 Å². The highest BCUT2D eigenvalue weighted by molar-refractivity contribution is 5.74. The van der Waals surface area contributed by atoms with Crippen LogP contribution in [0, 0.1) is 23.2 Å². The van der Waals surface area contributed by atoms with Crippen molar-refractivity contribution in [3.8, 4) is 0 Å². The molecule has 0 aromatic heterocycles. The predicted molar refractivity (Wildman–Crippen MR) is 77.7 cm³/mol. The van der Waals surface area contributed by atoms with Crippen LogP contribution in [0.25, 0.3) is 0 Å². The van der Waals surface area contributed by atoms with Gasteiger partial charge in [0, 0.05) is 0 Å². The Morgan fingerprint density at radius 2 is 2.11 bits per heavy atom. The summed E-state index contributed by atoms with van der Waals surface area (Å²) in [4.78, 5) is 11.4. The summed E-state index contributed by atoms with van der Waals surface area (Å²) >= 11 is 0. The summed E-state index contributed by atoms with van der Waals surface area (Å²) in [6.07, 6.45) is 11.7. The molecular formula is C17H28O2. The van der Waals surface area contributed by atoms with Gasteiger partial charge in [-0.1, -0.05) is 39.3 Å². The minimum absolute atomic E-state index is 0.00361. The predicted octanol–water partition coefficient (Wildman–Crippen LogP) is 4.35. The third-order valence-corrected chi connectivity index (χ3v) is 4.66. The third-order valence-electron chi connectivity index (χ3n) is 4.66. The average Bonchev–Trinajstić information content (AvgIpc) is 3.17. The molecule has 0 amide bonds. The number of allylic oxidation sites excluding steroid dienone is 1. The van der Waals surface area contributed by atoms with E-state index < -0.39 is 0 Å². The molecule has 108 valence electrons. The van der Waals surface area contributed by atoms with Crippen molar-refractivity contribution in [2.75, 3.05) is 6.61 Å². The Kier molecular flexibility index (Phi) is 4.70. The molecule has 2 unspecified atom stereocenters. The van der Waals surface area contributed by atoms with Crippen LogP contribution in [0.1, 0.15) is 59.3 Å². The fraction of sp³-hybridized carbons (Fsp3) is 0.824. The quantitative estimate of drug-likeness (QED) is 0.545. The molecule has 0 N–H and O–H groups in total. The first-order chi connectivity index (χ1) is 8.98. The van der Waals surface area contributed by atoms with Crippen molar-refractivity contribution in [3.63, 3.8) is 0 Å². The maximum Gasteiger partial charge on any atom is 0.309 e. The van der Waals surface area contributed by atoms with Gasteiger partial charge in [-0.05, 0) is 49.4 Å². The molecule has 19 heavy (non-hydrogen) atoms. The number of carbonyl (C=O) groups is 1. The maximum atomic E-state index is 11.4. The van der Waals surface area contributed by atoms with Crippen molar-refractivity contribution < 1.29 is 9.53 Å². The summed E-state index contributed by atoms with van der Waals surface area (Å²) in [5.41, 5.74) is 0.503. The zero-order chi connectivity index (χ0) is 13.9. The van der Waals surface area contributed by atoms with Gasteiger partial charge in [-0.2, -0.15) is 0 Å². The third kappa shape index (κ3) is 4.67. The highest BCUT2D eigenvalue weighted by Crippen LogP contribution is 2.41. The van der Waals surface area contributed by atoms with E-state index in [1.54, 1.807) is 0 Å². The van der Waals surface area contributed by atoms with Gasteiger partial charge in [0.15, 0.2) is 0 Å². The first-order valence-corrected chi connectivity index (χ1v) is 7.81. The molecule has 0 radical (unpaired) electrons. The van der Waals surface area contributed by atoms with Gasteiger partial charge >= 0.3 is 5.97 Å². The fourth-order valence-corrected chi connectivity index (χ4v) is 3.20. The average molecular weight is 264 g/mol. The molecule has 0 aliphatic heterocycles. The highest BCUT2D eigenvalue weighted by atomic mass is 16.5. The molecule has 2 fully saturated rings. The molecule has 2 aliphatic rings. The molecule has 2 saturated carbocycles. The lowest BCUT2D eigenvalue weighted by atomic mass is 9.68. The van der Waals surface area contributed by atoms with Gasteiger partial charge in [-0.25, -0.2) is 0 Å². The first-order valence-electron chi connectivity index (χ1n) is 7.81. The zero-order valence-electron chi connectivity index (χ0n) is 12.7. The molecule has 0 saturated heterocycles. The van der Waals surface area contributed by atoms with E-state index in [1.807, 2.05) is 6.08 Å². The standard InChI is InChI=1S/C17H28O2/c1-13(15-7-4-10-17(2,3)12-15)6-5-11-19-16(18)14-8-9-14/h5-6,13-15H,4,7-12H2,1-3H3/b6-5+. The van der Waals surface area contributed by atoms with Crippen LogP contribution in [-0.2, 0) is 9.53 Å². The van der Waals surface area contributed by atoms with Crippen LogP contribution < -0.4 is 0 Å². The maximum absolute atomic E-state index is 11.4. The fourth-order valence-electron chi connectivity index (χ4n) is 3.20. The lowest BCUT2D eigenvalue weighted by Gasteiger charge is -2.37. The van der Waals surface area contributed by atoms with Gasteiger partial charge in [-0.3, -0.25) is 4.79 Å². The Hall–Kier alpha value is -0.790. The number of esters is 1. The largest absolute Gasteiger partial charge is 0.461 e. The molecule has 2 heteroatoms. The molecule has 2 rings (SSSR count). The Morgan fingerprint density at radius 3 is 2.74 bits per heavy atom. The Bertz CT molecular complexity index is 339. The smallest absolute Gasteiger partial charge is 0.309 e. The summed E-state index contributed by atoms with van der Waals surface area (Å²) in [5, 5.41) is 0. The van der Waals surface area contributed by atoms with E-state index in [2.05, 4.69) is 26.8 Å². The van der Waals surface area contributed by atoms with Crippen LogP contribution in [0.5, 0.6) is 0 Å². The van der Waals surface area contributed by atoms with Crippen molar-refractivity contribution in [3.05, 3.63) is 12.2 Å². The van der Waals surface area contributed by atoms with Crippen LogP contribution >= 0.6 is 0 Å². The van der Waals surface area contributed by atoms with Gasteiger partial charge < -0.3 is 4.74 Å². The monoisotopic (exact) mass is 264 g/mol. The second-order valence-corrected chi connectivity index (χ2v) is 7.21. The lowest BCUT2D eigenvalue weighted by Crippen LogP contribution is -2.26.